The van der Waals surface area contributed by atoms with E-state index in [9.17, 15) is 4.79 Å². The second-order valence-corrected chi connectivity index (χ2v) is 2.81. The van der Waals surface area contributed by atoms with E-state index in [2.05, 4.69) is 20.3 Å². The smallest absolute Gasteiger partial charge is 0.252 e. The molecule has 1 heterocycles. The second-order valence-electron chi connectivity index (χ2n) is 2.81. The Kier molecular flexibility index (Phi) is 4.69. The van der Waals surface area contributed by atoms with Crippen LogP contribution in [0.2, 0.25) is 0 Å². The van der Waals surface area contributed by atoms with Crippen molar-refractivity contribution in [3.05, 3.63) is 40.5 Å². The van der Waals surface area contributed by atoms with Gasteiger partial charge in [0.1, 0.15) is 0 Å². The number of nitrogens with one attached hydrogen (secondary N) is 1. The first-order valence-corrected chi connectivity index (χ1v) is 4.53. The summed E-state index contributed by atoms with van der Waals surface area (Å²) in [6.45, 7) is 0.885. The summed E-state index contributed by atoms with van der Waals surface area (Å²) in [5.74, 6) is -0.163. The van der Waals surface area contributed by atoms with E-state index in [1.54, 1.807) is 18.3 Å². The highest BCUT2D eigenvalue weighted by molar-refractivity contribution is 5.93. The first kappa shape index (κ1) is 11.0. The maximum atomic E-state index is 11.4. The summed E-state index contributed by atoms with van der Waals surface area (Å²) >= 11 is 0. The molecule has 0 spiro atoms. The quantitative estimate of drug-likeness (QED) is 0.341. The second kappa shape index (κ2) is 6.39. The number of amides is 1. The van der Waals surface area contributed by atoms with Gasteiger partial charge in [-0.1, -0.05) is 5.11 Å². The normalized spacial score (nSPS) is 9.07. The van der Waals surface area contributed by atoms with Crippen molar-refractivity contribution in [2.75, 3.05) is 13.1 Å². The zero-order valence-electron chi connectivity index (χ0n) is 8.13. The molecule has 1 rings (SSSR count). The van der Waals surface area contributed by atoms with Crippen molar-refractivity contribution >= 4 is 5.91 Å². The number of carbonyl (C=O) groups excluding carboxylic acids is 1. The van der Waals surface area contributed by atoms with Crippen LogP contribution in [0, 0.1) is 0 Å². The minimum atomic E-state index is -0.163. The maximum absolute atomic E-state index is 11.4. The van der Waals surface area contributed by atoms with Gasteiger partial charge in [-0.2, -0.15) is 0 Å². The predicted octanol–water partition coefficient (Wildman–Crippen LogP) is 1.51. The molecule has 1 N–H and O–H groups in total. The number of hydrogen-bond donors (Lipinski definition) is 1. The summed E-state index contributed by atoms with van der Waals surface area (Å²) < 4.78 is 0. The van der Waals surface area contributed by atoms with E-state index in [1.165, 1.54) is 6.20 Å². The Morgan fingerprint density at radius 1 is 1.67 bits per heavy atom. The first-order valence-electron chi connectivity index (χ1n) is 4.53. The molecule has 6 nitrogen and oxygen atoms in total. The van der Waals surface area contributed by atoms with Gasteiger partial charge in [-0.05, 0) is 24.1 Å². The Hall–Kier alpha value is -2.07. The molecule has 1 amide bonds. The zero-order chi connectivity index (χ0) is 10.9. The van der Waals surface area contributed by atoms with Gasteiger partial charge in [0, 0.05) is 30.4 Å². The molecule has 0 aromatic carbocycles. The van der Waals surface area contributed by atoms with Crippen LogP contribution in [0.1, 0.15) is 16.8 Å². The molecule has 0 fully saturated rings. The van der Waals surface area contributed by atoms with E-state index in [0.717, 1.165) is 0 Å². The number of pyridine rings is 1. The molecule has 15 heavy (non-hydrogen) atoms. The Labute approximate surface area is 87.0 Å². The van der Waals surface area contributed by atoms with Crippen LogP contribution in [0.3, 0.4) is 0 Å². The first-order chi connectivity index (χ1) is 7.34. The van der Waals surface area contributed by atoms with Crippen LogP contribution in [-0.2, 0) is 0 Å². The Morgan fingerprint density at radius 3 is 3.20 bits per heavy atom. The van der Waals surface area contributed by atoms with Crippen molar-refractivity contribution in [1.29, 1.82) is 0 Å². The van der Waals surface area contributed by atoms with Crippen LogP contribution in [0.4, 0.5) is 0 Å². The Bertz CT molecular complexity index is 358. The van der Waals surface area contributed by atoms with Crippen molar-refractivity contribution in [1.82, 2.24) is 10.3 Å². The molecule has 0 atom stereocenters. The SMILES string of the molecule is [N-]=[N+]=NCCCNC(=O)c1cccnc1. The van der Waals surface area contributed by atoms with Crippen LogP contribution in [0.5, 0.6) is 0 Å². The highest BCUT2D eigenvalue weighted by Crippen LogP contribution is 1.94. The van der Waals surface area contributed by atoms with E-state index in [1.807, 2.05) is 0 Å². The fraction of sp³-hybridized carbons (Fsp3) is 0.333. The van der Waals surface area contributed by atoms with Crippen LogP contribution >= 0.6 is 0 Å². The van der Waals surface area contributed by atoms with Gasteiger partial charge in [0.25, 0.3) is 5.91 Å². The number of hydrogen-bond acceptors (Lipinski definition) is 3. The molecule has 6 heteroatoms. The van der Waals surface area contributed by atoms with Crippen molar-refractivity contribution in [2.45, 2.75) is 6.42 Å². The standard InChI is InChI=1S/C9H11N5O/c10-14-13-6-2-5-12-9(15)8-3-1-4-11-7-8/h1,3-4,7H,2,5-6H2,(H,12,15). The van der Waals surface area contributed by atoms with Gasteiger partial charge in [0.15, 0.2) is 0 Å². The maximum Gasteiger partial charge on any atom is 0.252 e. The van der Waals surface area contributed by atoms with Gasteiger partial charge in [-0.25, -0.2) is 0 Å². The summed E-state index contributed by atoms with van der Waals surface area (Å²) in [5.41, 5.74) is 8.54. The molecule has 78 valence electrons. The third-order valence-electron chi connectivity index (χ3n) is 1.71. The highest BCUT2D eigenvalue weighted by Gasteiger charge is 2.02. The molecule has 0 saturated heterocycles. The van der Waals surface area contributed by atoms with Gasteiger partial charge in [-0.15, -0.1) is 0 Å². The Balaban J connectivity index is 2.28. The molecule has 1 aromatic heterocycles. The van der Waals surface area contributed by atoms with Crippen molar-refractivity contribution < 1.29 is 4.79 Å². The van der Waals surface area contributed by atoms with Gasteiger partial charge in [0.05, 0.1) is 5.56 Å². The Morgan fingerprint density at radius 2 is 2.53 bits per heavy atom. The lowest BCUT2D eigenvalue weighted by Crippen LogP contribution is -2.24. The lowest BCUT2D eigenvalue weighted by atomic mass is 10.2. The number of rotatable bonds is 5. The summed E-state index contributed by atoms with van der Waals surface area (Å²) in [4.78, 5) is 17.9. The lowest BCUT2D eigenvalue weighted by molar-refractivity contribution is 0.0953. The molecule has 0 bridgehead atoms. The third-order valence-corrected chi connectivity index (χ3v) is 1.71. The summed E-state index contributed by atoms with van der Waals surface area (Å²) in [7, 11) is 0. The highest BCUT2D eigenvalue weighted by atomic mass is 16.1. The van der Waals surface area contributed by atoms with Crippen LogP contribution < -0.4 is 5.32 Å². The lowest BCUT2D eigenvalue weighted by Gasteiger charge is -2.02. The number of aromatic nitrogens is 1. The zero-order valence-corrected chi connectivity index (χ0v) is 8.13. The molecule has 0 saturated carbocycles. The summed E-state index contributed by atoms with van der Waals surface area (Å²) in [5, 5.41) is 6.05. The van der Waals surface area contributed by atoms with Crippen molar-refractivity contribution in [3.8, 4) is 0 Å². The summed E-state index contributed by atoms with van der Waals surface area (Å²) in [6, 6.07) is 3.39. The average molecular weight is 205 g/mol. The third kappa shape index (κ3) is 4.10. The van der Waals surface area contributed by atoms with Crippen molar-refractivity contribution in [3.63, 3.8) is 0 Å². The molecular formula is C9H11N5O. The average Bonchev–Trinajstić information content (AvgIpc) is 2.30. The minimum absolute atomic E-state index is 0.163. The van der Waals surface area contributed by atoms with Crippen LogP contribution in [0.15, 0.2) is 29.6 Å². The van der Waals surface area contributed by atoms with E-state index in [0.29, 0.717) is 25.1 Å². The van der Waals surface area contributed by atoms with Crippen LogP contribution in [-0.4, -0.2) is 24.0 Å². The van der Waals surface area contributed by atoms with E-state index in [-0.39, 0.29) is 5.91 Å². The van der Waals surface area contributed by atoms with E-state index in [4.69, 9.17) is 5.53 Å². The predicted molar refractivity (Wildman–Crippen MR) is 55.2 cm³/mol. The summed E-state index contributed by atoms with van der Waals surface area (Å²) in [6.07, 6.45) is 3.75. The van der Waals surface area contributed by atoms with E-state index >= 15 is 0 Å². The van der Waals surface area contributed by atoms with Gasteiger partial charge in [0.2, 0.25) is 0 Å². The number of carbonyl (C=O) groups is 1. The number of azide groups is 1. The van der Waals surface area contributed by atoms with Crippen molar-refractivity contribution in [2.24, 2.45) is 5.11 Å². The minimum Gasteiger partial charge on any atom is -0.352 e. The fourth-order valence-corrected chi connectivity index (χ4v) is 0.996. The number of nitrogens with zero attached hydrogens (tertiary/aromatic N) is 4. The molecular weight excluding hydrogens is 194 g/mol. The fourth-order valence-electron chi connectivity index (χ4n) is 0.996. The largest absolute Gasteiger partial charge is 0.352 e. The molecule has 0 aliphatic carbocycles. The van der Waals surface area contributed by atoms with Crippen LogP contribution in [0.25, 0.3) is 10.4 Å². The van der Waals surface area contributed by atoms with E-state index < -0.39 is 0 Å². The molecule has 0 aliphatic rings. The van der Waals surface area contributed by atoms with Gasteiger partial charge >= 0.3 is 0 Å². The topological polar surface area (TPSA) is 90.8 Å². The molecule has 0 radical (unpaired) electrons. The monoisotopic (exact) mass is 205 g/mol. The molecule has 1 aromatic rings. The van der Waals surface area contributed by atoms with Gasteiger partial charge < -0.3 is 5.32 Å². The van der Waals surface area contributed by atoms with Gasteiger partial charge in [-0.3, -0.25) is 9.78 Å². The molecule has 0 aliphatic heterocycles. The molecule has 0 unspecified atom stereocenters.